The molecule has 0 spiro atoms. The van der Waals surface area contributed by atoms with Crippen molar-refractivity contribution >= 4 is 5.91 Å². The predicted octanol–water partition coefficient (Wildman–Crippen LogP) is 0.524. The summed E-state index contributed by atoms with van der Waals surface area (Å²) in [7, 11) is 0. The minimum absolute atomic E-state index is 0.0605. The first-order valence-corrected chi connectivity index (χ1v) is 4.64. The summed E-state index contributed by atoms with van der Waals surface area (Å²) in [6, 6.07) is 0. The van der Waals surface area contributed by atoms with E-state index in [-0.39, 0.29) is 17.4 Å². The zero-order chi connectivity index (χ0) is 10.1. The molecule has 0 saturated carbocycles. The summed E-state index contributed by atoms with van der Waals surface area (Å²) in [6.07, 6.45) is 0.463. The lowest BCUT2D eigenvalue weighted by atomic mass is 10.1. The van der Waals surface area contributed by atoms with Crippen molar-refractivity contribution in [1.82, 2.24) is 5.06 Å². The highest BCUT2D eigenvalue weighted by Gasteiger charge is 2.37. The van der Waals surface area contributed by atoms with Crippen LogP contribution >= 0.6 is 0 Å². The summed E-state index contributed by atoms with van der Waals surface area (Å²) in [5, 5.41) is 1.44. The van der Waals surface area contributed by atoms with Gasteiger partial charge in [-0.25, -0.2) is 5.06 Å². The van der Waals surface area contributed by atoms with Crippen LogP contribution in [0.25, 0.3) is 0 Å². The second-order valence-electron chi connectivity index (χ2n) is 4.32. The number of nitrogens with two attached hydrogens (primary N) is 1. The molecule has 1 fully saturated rings. The molecule has 0 aliphatic carbocycles. The summed E-state index contributed by atoms with van der Waals surface area (Å²) in [4.78, 5) is 16.9. The molecule has 2 N–H and O–H groups in total. The molecule has 0 aromatic heterocycles. The minimum Gasteiger partial charge on any atom is -0.330 e. The monoisotopic (exact) mass is 186 g/mol. The number of carbonyl (C=O) groups is 1. The molecule has 1 unspecified atom stereocenters. The van der Waals surface area contributed by atoms with Crippen molar-refractivity contribution in [3.8, 4) is 0 Å². The molecule has 1 saturated heterocycles. The molecule has 0 radical (unpaired) electrons. The molecule has 1 heterocycles. The molecule has 13 heavy (non-hydrogen) atoms. The number of rotatable bonds is 3. The van der Waals surface area contributed by atoms with E-state index in [1.165, 1.54) is 5.06 Å². The summed E-state index contributed by atoms with van der Waals surface area (Å²) >= 11 is 0. The molecule has 4 heteroatoms. The average molecular weight is 186 g/mol. The van der Waals surface area contributed by atoms with E-state index in [9.17, 15) is 4.79 Å². The number of hydrogen-bond acceptors (Lipinski definition) is 3. The normalized spacial score (nSPS) is 23.7. The number of hydrogen-bond donors (Lipinski definition) is 1. The first kappa shape index (κ1) is 10.5. The zero-order valence-electron chi connectivity index (χ0n) is 8.54. The van der Waals surface area contributed by atoms with Crippen LogP contribution in [-0.4, -0.2) is 29.7 Å². The number of amides is 1. The van der Waals surface area contributed by atoms with Gasteiger partial charge in [0.05, 0.1) is 18.6 Å². The van der Waals surface area contributed by atoms with Crippen LogP contribution in [-0.2, 0) is 9.63 Å². The lowest BCUT2D eigenvalue weighted by molar-refractivity contribution is -0.194. The molecular formula is C9H18N2O2. The zero-order valence-corrected chi connectivity index (χ0v) is 8.54. The first-order chi connectivity index (χ1) is 5.94. The largest absolute Gasteiger partial charge is 0.330 e. The van der Waals surface area contributed by atoms with Gasteiger partial charge in [-0.05, 0) is 26.3 Å². The van der Waals surface area contributed by atoms with E-state index in [1.807, 2.05) is 20.8 Å². The molecule has 4 nitrogen and oxygen atoms in total. The van der Waals surface area contributed by atoms with Crippen LogP contribution in [0.15, 0.2) is 0 Å². The van der Waals surface area contributed by atoms with Crippen molar-refractivity contribution in [3.63, 3.8) is 0 Å². The molecule has 1 atom stereocenters. The Morgan fingerprint density at radius 2 is 2.31 bits per heavy atom. The predicted molar refractivity (Wildman–Crippen MR) is 49.7 cm³/mol. The Balaban J connectivity index is 2.49. The lowest BCUT2D eigenvalue weighted by Crippen LogP contribution is -2.32. The third kappa shape index (κ3) is 2.67. The summed E-state index contributed by atoms with van der Waals surface area (Å²) < 4.78 is 0. The molecule has 1 rings (SSSR count). The van der Waals surface area contributed by atoms with Crippen LogP contribution in [0.3, 0.4) is 0 Å². The third-order valence-electron chi connectivity index (χ3n) is 2.09. The van der Waals surface area contributed by atoms with Crippen molar-refractivity contribution < 1.29 is 9.63 Å². The molecule has 76 valence electrons. The molecular weight excluding hydrogens is 168 g/mol. The topological polar surface area (TPSA) is 55.6 Å². The van der Waals surface area contributed by atoms with Crippen LogP contribution in [0.2, 0.25) is 0 Å². The molecule has 1 aliphatic heterocycles. The smallest absolute Gasteiger partial charge is 0.249 e. The van der Waals surface area contributed by atoms with Crippen LogP contribution in [0.5, 0.6) is 0 Å². The van der Waals surface area contributed by atoms with Crippen LogP contribution in [0.1, 0.15) is 27.2 Å². The van der Waals surface area contributed by atoms with Gasteiger partial charge in [0.2, 0.25) is 5.91 Å². The Bertz CT molecular complexity index is 204. The molecule has 1 amide bonds. The first-order valence-electron chi connectivity index (χ1n) is 4.64. The Hall–Kier alpha value is -0.610. The maximum atomic E-state index is 11.4. The highest BCUT2D eigenvalue weighted by molar-refractivity contribution is 5.77. The molecule has 0 aromatic rings. The van der Waals surface area contributed by atoms with Crippen molar-refractivity contribution in [2.75, 3.05) is 13.1 Å². The van der Waals surface area contributed by atoms with Gasteiger partial charge in [0, 0.05) is 0 Å². The van der Waals surface area contributed by atoms with Crippen LogP contribution < -0.4 is 5.73 Å². The van der Waals surface area contributed by atoms with Crippen molar-refractivity contribution in [2.45, 2.75) is 32.8 Å². The third-order valence-corrected chi connectivity index (χ3v) is 2.09. The number of hydroxylamine groups is 2. The van der Waals surface area contributed by atoms with E-state index >= 15 is 0 Å². The standard InChI is InChI=1S/C9H18N2O2/c1-7(5-10)6-11-8(12)4-9(2,3)13-11/h7H,4-6,10H2,1-3H3. The Kier molecular flexibility index (Phi) is 2.93. The van der Waals surface area contributed by atoms with Gasteiger partial charge in [0.1, 0.15) is 0 Å². The Morgan fingerprint density at radius 3 is 2.69 bits per heavy atom. The van der Waals surface area contributed by atoms with Gasteiger partial charge < -0.3 is 5.73 Å². The van der Waals surface area contributed by atoms with Gasteiger partial charge in [-0.1, -0.05) is 6.92 Å². The van der Waals surface area contributed by atoms with E-state index in [0.29, 0.717) is 19.5 Å². The maximum absolute atomic E-state index is 11.4. The average Bonchev–Trinajstić information content (AvgIpc) is 2.24. The van der Waals surface area contributed by atoms with Gasteiger partial charge in [-0.15, -0.1) is 0 Å². The highest BCUT2D eigenvalue weighted by Crippen LogP contribution is 2.26. The van der Waals surface area contributed by atoms with Gasteiger partial charge >= 0.3 is 0 Å². The summed E-state index contributed by atoms with van der Waals surface area (Å²) in [5.41, 5.74) is 5.13. The number of carbonyl (C=O) groups excluding carboxylic acids is 1. The van der Waals surface area contributed by atoms with Crippen molar-refractivity contribution in [2.24, 2.45) is 11.7 Å². The minimum atomic E-state index is -0.342. The number of nitrogens with zero attached hydrogens (tertiary/aromatic N) is 1. The van der Waals surface area contributed by atoms with E-state index in [2.05, 4.69) is 0 Å². The van der Waals surface area contributed by atoms with E-state index in [4.69, 9.17) is 10.6 Å². The van der Waals surface area contributed by atoms with Crippen LogP contribution in [0, 0.1) is 5.92 Å². The second kappa shape index (κ2) is 3.64. The Labute approximate surface area is 79.0 Å². The van der Waals surface area contributed by atoms with E-state index in [0.717, 1.165) is 0 Å². The molecule has 0 aromatic carbocycles. The quantitative estimate of drug-likeness (QED) is 0.699. The SMILES string of the molecule is CC(CN)CN1OC(C)(C)CC1=O. The molecule has 1 aliphatic rings. The molecule has 0 bridgehead atoms. The van der Waals surface area contributed by atoms with Gasteiger partial charge in [-0.2, -0.15) is 0 Å². The maximum Gasteiger partial charge on any atom is 0.249 e. The van der Waals surface area contributed by atoms with Crippen molar-refractivity contribution in [3.05, 3.63) is 0 Å². The summed E-state index contributed by atoms with van der Waals surface area (Å²) in [6.45, 7) is 7.00. The van der Waals surface area contributed by atoms with E-state index in [1.54, 1.807) is 0 Å². The highest BCUT2D eigenvalue weighted by atomic mass is 16.7. The van der Waals surface area contributed by atoms with Gasteiger partial charge in [0.25, 0.3) is 0 Å². The summed E-state index contributed by atoms with van der Waals surface area (Å²) in [5.74, 6) is 0.350. The van der Waals surface area contributed by atoms with E-state index < -0.39 is 0 Å². The Morgan fingerprint density at radius 1 is 1.69 bits per heavy atom. The lowest BCUT2D eigenvalue weighted by Gasteiger charge is -2.22. The fourth-order valence-electron chi connectivity index (χ4n) is 1.33. The fourth-order valence-corrected chi connectivity index (χ4v) is 1.33. The van der Waals surface area contributed by atoms with Gasteiger partial charge in [-0.3, -0.25) is 9.63 Å². The van der Waals surface area contributed by atoms with Crippen molar-refractivity contribution in [1.29, 1.82) is 0 Å². The van der Waals surface area contributed by atoms with Gasteiger partial charge in [0.15, 0.2) is 0 Å². The van der Waals surface area contributed by atoms with Crippen LogP contribution in [0.4, 0.5) is 0 Å². The fraction of sp³-hybridized carbons (Fsp3) is 0.889. The second-order valence-corrected chi connectivity index (χ2v) is 4.32.